The maximum absolute atomic E-state index is 12.3. The summed E-state index contributed by atoms with van der Waals surface area (Å²) in [7, 11) is -3.72. The second-order valence-electron chi connectivity index (χ2n) is 5.11. The summed E-state index contributed by atoms with van der Waals surface area (Å²) >= 11 is 2.57. The number of thiophene rings is 1. The van der Waals surface area contributed by atoms with Gasteiger partial charge in [-0.2, -0.15) is 0 Å². The second kappa shape index (κ2) is 7.34. The topological polar surface area (TPSA) is 88.2 Å². The molecule has 0 bridgehead atoms. The van der Waals surface area contributed by atoms with Crippen LogP contribution in [0.1, 0.15) is 20.2 Å². The predicted molar refractivity (Wildman–Crippen MR) is 99.6 cm³/mol. The van der Waals surface area contributed by atoms with Gasteiger partial charge in [-0.25, -0.2) is 13.4 Å². The molecule has 9 heteroatoms. The van der Waals surface area contributed by atoms with E-state index in [2.05, 4.69) is 15.0 Å². The van der Waals surface area contributed by atoms with Gasteiger partial charge in [0.2, 0.25) is 0 Å². The van der Waals surface area contributed by atoms with Crippen LogP contribution >= 0.6 is 22.7 Å². The highest BCUT2D eigenvalue weighted by Gasteiger charge is 2.20. The molecule has 0 fully saturated rings. The number of nitrogens with one attached hydrogen (secondary N) is 2. The van der Waals surface area contributed by atoms with Gasteiger partial charge in [0.05, 0.1) is 17.1 Å². The number of benzene rings is 1. The van der Waals surface area contributed by atoms with Crippen molar-refractivity contribution in [1.82, 2.24) is 10.3 Å². The fourth-order valence-electron chi connectivity index (χ4n) is 2.09. The third-order valence-corrected chi connectivity index (χ3v) is 6.71. The first-order valence-corrected chi connectivity index (χ1v) is 10.5. The zero-order valence-electron chi connectivity index (χ0n) is 13.2. The lowest BCUT2D eigenvalue weighted by atomic mass is 10.3. The lowest BCUT2D eigenvalue weighted by Gasteiger charge is -2.04. The van der Waals surface area contributed by atoms with E-state index in [1.54, 1.807) is 36.5 Å². The molecule has 0 unspecified atom stereocenters. The fraction of sp³-hybridized carbons (Fsp3) is 0.125. The third-order valence-electron chi connectivity index (χ3n) is 3.28. The third kappa shape index (κ3) is 4.25. The molecule has 0 radical (unpaired) electrons. The van der Waals surface area contributed by atoms with Crippen molar-refractivity contribution >= 4 is 43.7 Å². The monoisotopic (exact) mass is 393 g/mol. The van der Waals surface area contributed by atoms with Gasteiger partial charge in [0.15, 0.2) is 5.13 Å². The molecule has 0 atom stereocenters. The molecule has 25 heavy (non-hydrogen) atoms. The molecule has 0 aliphatic rings. The average Bonchev–Trinajstić information content (AvgIpc) is 3.23. The number of rotatable bonds is 6. The Kier molecular flexibility index (Phi) is 5.16. The Labute approximate surface area is 153 Å². The second-order valence-corrected chi connectivity index (χ2v) is 8.83. The summed E-state index contributed by atoms with van der Waals surface area (Å²) in [5, 5.41) is 4.92. The molecular formula is C16H15N3O3S3. The molecule has 0 aliphatic carbocycles. The lowest BCUT2D eigenvalue weighted by molar-refractivity contribution is 0.0954. The Bertz CT molecular complexity index is 965. The molecule has 2 heterocycles. The minimum atomic E-state index is -3.72. The van der Waals surface area contributed by atoms with Crippen molar-refractivity contribution in [1.29, 1.82) is 0 Å². The van der Waals surface area contributed by atoms with E-state index in [4.69, 9.17) is 0 Å². The van der Waals surface area contributed by atoms with Gasteiger partial charge >= 0.3 is 0 Å². The van der Waals surface area contributed by atoms with Crippen LogP contribution in [0, 0.1) is 6.92 Å². The molecule has 0 spiro atoms. The number of sulfonamides is 1. The molecule has 6 nitrogen and oxygen atoms in total. The van der Waals surface area contributed by atoms with E-state index in [9.17, 15) is 13.2 Å². The van der Waals surface area contributed by atoms with Crippen molar-refractivity contribution in [3.63, 3.8) is 0 Å². The van der Waals surface area contributed by atoms with Crippen molar-refractivity contribution < 1.29 is 13.2 Å². The summed E-state index contributed by atoms with van der Waals surface area (Å²) in [5.74, 6) is -0.270. The van der Waals surface area contributed by atoms with Crippen molar-refractivity contribution in [2.24, 2.45) is 0 Å². The van der Waals surface area contributed by atoms with Gasteiger partial charge in [-0.1, -0.05) is 35.6 Å². The van der Waals surface area contributed by atoms with Crippen LogP contribution in [0.4, 0.5) is 5.13 Å². The summed E-state index contributed by atoms with van der Waals surface area (Å²) < 4.78 is 27.1. The molecule has 2 aromatic heterocycles. The van der Waals surface area contributed by atoms with Crippen LogP contribution in [-0.2, 0) is 16.6 Å². The molecule has 0 saturated heterocycles. The number of thiazole rings is 1. The Hall–Kier alpha value is -2.23. The first-order chi connectivity index (χ1) is 12.0. The van der Waals surface area contributed by atoms with Gasteiger partial charge in [-0.3, -0.25) is 9.52 Å². The van der Waals surface area contributed by atoms with Crippen molar-refractivity contribution in [2.45, 2.75) is 18.4 Å². The Morgan fingerprint density at radius 2 is 1.92 bits per heavy atom. The van der Waals surface area contributed by atoms with E-state index in [0.717, 1.165) is 16.2 Å². The number of hydrogen-bond acceptors (Lipinski definition) is 6. The molecule has 0 saturated carbocycles. The molecule has 1 amide bonds. The average molecular weight is 394 g/mol. The summed E-state index contributed by atoms with van der Waals surface area (Å²) in [6, 6.07) is 11.9. The van der Waals surface area contributed by atoms with Crippen LogP contribution in [0.5, 0.6) is 0 Å². The van der Waals surface area contributed by atoms with E-state index in [1.807, 2.05) is 17.5 Å². The molecule has 130 valence electrons. The van der Waals surface area contributed by atoms with Crippen LogP contribution in [0.15, 0.2) is 52.7 Å². The molecular weight excluding hydrogens is 378 g/mol. The Morgan fingerprint density at radius 1 is 1.16 bits per heavy atom. The molecule has 2 N–H and O–H groups in total. The maximum Gasteiger partial charge on any atom is 0.263 e. The maximum atomic E-state index is 12.3. The minimum Gasteiger partial charge on any atom is -0.346 e. The van der Waals surface area contributed by atoms with Crippen LogP contribution in [-0.4, -0.2) is 19.3 Å². The first kappa shape index (κ1) is 17.6. The van der Waals surface area contributed by atoms with E-state index < -0.39 is 10.0 Å². The molecule has 3 aromatic rings. The SMILES string of the molecule is Cc1nc(NS(=O)(=O)c2ccccc2)sc1C(=O)NCc1cccs1. The van der Waals surface area contributed by atoms with Gasteiger partial charge in [-0.15, -0.1) is 11.3 Å². The van der Waals surface area contributed by atoms with Gasteiger partial charge in [-0.05, 0) is 30.5 Å². The first-order valence-electron chi connectivity index (χ1n) is 7.31. The summed E-state index contributed by atoms with van der Waals surface area (Å²) in [6.07, 6.45) is 0. The van der Waals surface area contributed by atoms with Gasteiger partial charge in [0.25, 0.3) is 15.9 Å². The predicted octanol–water partition coefficient (Wildman–Crippen LogP) is 3.24. The van der Waals surface area contributed by atoms with Gasteiger partial charge in [0, 0.05) is 4.88 Å². The van der Waals surface area contributed by atoms with E-state index in [1.165, 1.54) is 12.1 Å². The smallest absolute Gasteiger partial charge is 0.263 e. The van der Waals surface area contributed by atoms with Gasteiger partial charge < -0.3 is 5.32 Å². The number of aryl methyl sites for hydroxylation is 1. The highest BCUT2D eigenvalue weighted by Crippen LogP contribution is 2.25. The number of hydrogen-bond donors (Lipinski definition) is 2. The van der Waals surface area contributed by atoms with E-state index in [-0.39, 0.29) is 15.9 Å². The number of amides is 1. The van der Waals surface area contributed by atoms with Crippen LogP contribution < -0.4 is 10.0 Å². The minimum absolute atomic E-state index is 0.145. The van der Waals surface area contributed by atoms with Crippen molar-refractivity contribution in [3.05, 3.63) is 63.3 Å². The summed E-state index contributed by atoms with van der Waals surface area (Å²) in [5.41, 5.74) is 0.486. The Morgan fingerprint density at radius 3 is 2.60 bits per heavy atom. The highest BCUT2D eigenvalue weighted by molar-refractivity contribution is 7.93. The number of carbonyl (C=O) groups excluding carboxylic acids is 1. The summed E-state index contributed by atoms with van der Waals surface area (Å²) in [4.78, 5) is 18.0. The largest absolute Gasteiger partial charge is 0.346 e. The van der Waals surface area contributed by atoms with Crippen LogP contribution in [0.25, 0.3) is 0 Å². The van der Waals surface area contributed by atoms with E-state index in [0.29, 0.717) is 17.1 Å². The lowest BCUT2D eigenvalue weighted by Crippen LogP contribution is -2.22. The number of aromatic nitrogens is 1. The number of anilines is 1. The zero-order chi connectivity index (χ0) is 17.9. The fourth-order valence-corrected chi connectivity index (χ4v) is 4.87. The number of nitrogens with zero attached hydrogens (tertiary/aromatic N) is 1. The standard InChI is InChI=1S/C16H15N3O3S3/c1-11-14(15(20)17-10-12-6-5-9-23-12)24-16(18-11)19-25(21,22)13-7-3-2-4-8-13/h2-9H,10H2,1H3,(H,17,20)(H,18,19). The van der Waals surface area contributed by atoms with Crippen LogP contribution in [0.3, 0.4) is 0 Å². The van der Waals surface area contributed by atoms with E-state index >= 15 is 0 Å². The van der Waals surface area contributed by atoms with Crippen molar-refractivity contribution in [2.75, 3.05) is 4.72 Å². The Balaban J connectivity index is 1.72. The molecule has 1 aromatic carbocycles. The quantitative estimate of drug-likeness (QED) is 0.673. The summed E-state index contributed by atoms with van der Waals surface area (Å²) in [6.45, 7) is 2.11. The normalized spacial score (nSPS) is 11.2. The van der Waals surface area contributed by atoms with Crippen molar-refractivity contribution in [3.8, 4) is 0 Å². The number of carbonyl (C=O) groups is 1. The highest BCUT2D eigenvalue weighted by atomic mass is 32.2. The molecule has 0 aliphatic heterocycles. The van der Waals surface area contributed by atoms with Gasteiger partial charge in [0.1, 0.15) is 4.88 Å². The zero-order valence-corrected chi connectivity index (χ0v) is 15.7. The molecule has 3 rings (SSSR count). The van der Waals surface area contributed by atoms with Crippen LogP contribution in [0.2, 0.25) is 0 Å².